The van der Waals surface area contributed by atoms with E-state index >= 15 is 0 Å². The zero-order chi connectivity index (χ0) is 34.4. The second-order valence-corrected chi connectivity index (χ2v) is 13.6. The lowest BCUT2D eigenvalue weighted by Gasteiger charge is -2.11. The van der Waals surface area contributed by atoms with Crippen molar-refractivity contribution in [2.45, 2.75) is 0 Å². The second-order valence-electron chi connectivity index (χ2n) is 11.7. The Kier molecular flexibility index (Phi) is 8.61. The molecule has 0 aliphatic carbocycles. The molecule has 0 aliphatic rings. The lowest BCUT2D eigenvalue weighted by atomic mass is 9.95. The van der Waals surface area contributed by atoms with E-state index in [0.29, 0.717) is 11.1 Å². The van der Waals surface area contributed by atoms with E-state index in [1.165, 1.54) is 18.0 Å². The summed E-state index contributed by atoms with van der Waals surface area (Å²) in [4.78, 5) is 24.0. The van der Waals surface area contributed by atoms with Gasteiger partial charge in [0.2, 0.25) is 0 Å². The summed E-state index contributed by atoms with van der Waals surface area (Å²) in [6.45, 7) is 0. The van der Waals surface area contributed by atoms with Gasteiger partial charge < -0.3 is 19.0 Å². The molecule has 0 radical (unpaired) electrons. The SMILES string of the molecule is COC(=O)c1cc(Br)ccc1-c1cccc2c1c1ccccc1n2C.Cn1c2ccccc2c2c(-c3ccc(Br)cc3C(=O)O)cccc21. The van der Waals surface area contributed by atoms with Gasteiger partial charge in [0.1, 0.15) is 0 Å². The van der Waals surface area contributed by atoms with E-state index in [4.69, 9.17) is 4.74 Å². The van der Waals surface area contributed by atoms with E-state index in [0.717, 1.165) is 63.9 Å². The average Bonchev–Trinajstić information content (AvgIpc) is 3.59. The summed E-state index contributed by atoms with van der Waals surface area (Å²) in [5, 5.41) is 14.2. The number of halogens is 2. The molecule has 6 nitrogen and oxygen atoms in total. The van der Waals surface area contributed by atoms with Crippen molar-refractivity contribution in [1.29, 1.82) is 0 Å². The van der Waals surface area contributed by atoms with Gasteiger partial charge in [0.25, 0.3) is 0 Å². The van der Waals surface area contributed by atoms with Gasteiger partial charge in [0.15, 0.2) is 0 Å². The molecule has 49 heavy (non-hydrogen) atoms. The molecule has 8 heteroatoms. The van der Waals surface area contributed by atoms with E-state index in [1.54, 1.807) is 6.07 Å². The van der Waals surface area contributed by atoms with Crippen LogP contribution in [-0.4, -0.2) is 33.3 Å². The van der Waals surface area contributed by atoms with Gasteiger partial charge in [0, 0.05) is 66.7 Å². The number of carboxylic acid groups (broad SMARTS) is 1. The lowest BCUT2D eigenvalue weighted by Crippen LogP contribution is -2.03. The van der Waals surface area contributed by atoms with Gasteiger partial charge in [-0.25, -0.2) is 9.59 Å². The van der Waals surface area contributed by atoms with Crippen molar-refractivity contribution in [2.24, 2.45) is 14.1 Å². The van der Waals surface area contributed by atoms with Crippen molar-refractivity contribution in [2.75, 3.05) is 7.11 Å². The van der Waals surface area contributed by atoms with E-state index in [1.807, 2.05) is 79.8 Å². The van der Waals surface area contributed by atoms with Crippen LogP contribution in [0.2, 0.25) is 0 Å². The number of methoxy groups -OCH3 is 1. The molecule has 2 aromatic heterocycles. The molecule has 0 saturated heterocycles. The molecule has 8 aromatic rings. The summed E-state index contributed by atoms with van der Waals surface area (Å²) >= 11 is 6.81. The zero-order valence-corrected chi connectivity index (χ0v) is 30.0. The summed E-state index contributed by atoms with van der Waals surface area (Å²) in [6.07, 6.45) is 0. The maximum Gasteiger partial charge on any atom is 0.338 e. The van der Waals surface area contributed by atoms with Gasteiger partial charge in [-0.15, -0.1) is 0 Å². The summed E-state index contributed by atoms with van der Waals surface area (Å²) in [7, 11) is 5.51. The Morgan fingerprint density at radius 2 is 0.980 bits per heavy atom. The van der Waals surface area contributed by atoms with Crippen molar-refractivity contribution >= 4 is 87.4 Å². The lowest BCUT2D eigenvalue weighted by molar-refractivity contribution is 0.0600. The maximum atomic E-state index is 12.3. The fourth-order valence-corrected chi connectivity index (χ4v) is 7.55. The smallest absolute Gasteiger partial charge is 0.338 e. The van der Waals surface area contributed by atoms with E-state index in [-0.39, 0.29) is 5.97 Å². The highest BCUT2D eigenvalue weighted by Crippen LogP contribution is 2.39. The van der Waals surface area contributed by atoms with E-state index in [2.05, 4.69) is 90.5 Å². The molecule has 0 bridgehead atoms. The Morgan fingerprint density at radius 1 is 0.551 bits per heavy atom. The summed E-state index contributed by atoms with van der Waals surface area (Å²) in [5.41, 5.74) is 8.95. The van der Waals surface area contributed by atoms with E-state index in [9.17, 15) is 14.7 Å². The number of nitrogens with zero attached hydrogens (tertiary/aromatic N) is 2. The van der Waals surface area contributed by atoms with E-state index < -0.39 is 5.97 Å². The zero-order valence-electron chi connectivity index (χ0n) is 26.9. The van der Waals surface area contributed by atoms with Crippen LogP contribution in [0.15, 0.2) is 130 Å². The first-order valence-corrected chi connectivity index (χ1v) is 17.1. The van der Waals surface area contributed by atoms with Crippen molar-refractivity contribution < 1.29 is 19.4 Å². The molecule has 0 aliphatic heterocycles. The summed E-state index contributed by atoms with van der Waals surface area (Å²) in [5.74, 6) is -1.27. The number of esters is 1. The Bertz CT molecular complexity index is 2600. The first-order valence-electron chi connectivity index (χ1n) is 15.5. The molecule has 1 N–H and O–H groups in total. The van der Waals surface area contributed by atoms with Crippen LogP contribution in [0.25, 0.3) is 65.9 Å². The number of carbonyl (C=O) groups is 2. The molecule has 0 unspecified atom stereocenters. The predicted molar refractivity (Wildman–Crippen MR) is 205 cm³/mol. The number of fused-ring (bicyclic) bond motifs is 6. The topological polar surface area (TPSA) is 73.5 Å². The van der Waals surface area contributed by atoms with Crippen molar-refractivity contribution in [3.8, 4) is 22.3 Å². The third-order valence-electron chi connectivity index (χ3n) is 9.06. The molecule has 242 valence electrons. The Hall–Kier alpha value is -5.18. The highest BCUT2D eigenvalue weighted by atomic mass is 79.9. The van der Waals surface area contributed by atoms with Gasteiger partial charge in [-0.3, -0.25) is 0 Å². The largest absolute Gasteiger partial charge is 0.478 e. The average molecular weight is 775 g/mol. The van der Waals surface area contributed by atoms with Gasteiger partial charge in [-0.1, -0.05) is 105 Å². The highest BCUT2D eigenvalue weighted by Gasteiger charge is 2.20. The monoisotopic (exact) mass is 772 g/mol. The molecule has 0 saturated carbocycles. The minimum absolute atomic E-state index is 0.296. The number of aromatic carboxylic acids is 1. The van der Waals surface area contributed by atoms with Gasteiger partial charge in [0.05, 0.1) is 18.2 Å². The molecule has 0 fully saturated rings. The van der Waals surface area contributed by atoms with Crippen molar-refractivity contribution in [1.82, 2.24) is 9.13 Å². The molecule has 8 rings (SSSR count). The van der Waals surface area contributed by atoms with Crippen LogP contribution in [0.5, 0.6) is 0 Å². The van der Waals surface area contributed by atoms with Crippen LogP contribution in [-0.2, 0) is 18.8 Å². The van der Waals surface area contributed by atoms with Crippen molar-refractivity contribution in [3.63, 3.8) is 0 Å². The molecule has 6 aromatic carbocycles. The minimum Gasteiger partial charge on any atom is -0.478 e. The number of carboxylic acids is 1. The quantitative estimate of drug-likeness (QED) is 0.181. The van der Waals surface area contributed by atoms with Crippen LogP contribution >= 0.6 is 31.9 Å². The molecular formula is C41H30Br2N2O4. The van der Waals surface area contributed by atoms with Crippen LogP contribution in [0.3, 0.4) is 0 Å². The van der Waals surface area contributed by atoms with Gasteiger partial charge in [-0.2, -0.15) is 0 Å². The van der Waals surface area contributed by atoms with Crippen LogP contribution in [0.4, 0.5) is 0 Å². The Labute approximate surface area is 299 Å². The number of carbonyl (C=O) groups excluding carboxylic acids is 1. The predicted octanol–water partition coefficient (Wildman–Crippen LogP) is 11.0. The molecular weight excluding hydrogens is 744 g/mol. The van der Waals surface area contributed by atoms with Gasteiger partial charge >= 0.3 is 11.9 Å². The number of benzene rings is 6. The molecule has 0 atom stereocenters. The maximum absolute atomic E-state index is 12.3. The first-order chi connectivity index (χ1) is 23.7. The number of hydrogen-bond donors (Lipinski definition) is 1. The fraction of sp³-hybridized carbons (Fsp3) is 0.0732. The number of hydrogen-bond acceptors (Lipinski definition) is 3. The number of rotatable bonds is 4. The Morgan fingerprint density at radius 3 is 1.45 bits per heavy atom. The highest BCUT2D eigenvalue weighted by molar-refractivity contribution is 9.10. The number of aryl methyl sites for hydroxylation is 2. The van der Waals surface area contributed by atoms with Crippen molar-refractivity contribution in [3.05, 3.63) is 141 Å². The van der Waals surface area contributed by atoms with Crippen LogP contribution in [0, 0.1) is 0 Å². The standard InChI is InChI=1S/C21H16BrNO2.C20H14BrNO2/c1-23-18-8-4-3-6-16(18)20-15(7-5-9-19(20)23)14-11-10-13(22)12-17(14)21(24)25-2;1-22-17-7-3-2-5-15(17)19-14(6-4-8-18(19)22)13-10-9-12(21)11-16(13)20(23)24/h3-12H,1-2H3;2-11H,1H3,(H,23,24). The third kappa shape index (κ3) is 5.61. The minimum atomic E-state index is -0.927. The summed E-state index contributed by atoms with van der Waals surface area (Å²) < 4.78 is 10.9. The molecule has 0 amide bonds. The fourth-order valence-electron chi connectivity index (χ4n) is 6.83. The second kappa shape index (κ2) is 13.0. The Balaban J connectivity index is 0.000000154. The molecule has 2 heterocycles. The number of para-hydroxylation sites is 2. The summed E-state index contributed by atoms with van der Waals surface area (Å²) in [6, 6.07) is 39.9. The normalized spacial score (nSPS) is 11.2. The van der Waals surface area contributed by atoms with Crippen LogP contribution < -0.4 is 0 Å². The van der Waals surface area contributed by atoms with Crippen LogP contribution in [0.1, 0.15) is 20.7 Å². The number of aromatic nitrogens is 2. The number of ether oxygens (including phenoxy) is 1. The third-order valence-corrected chi connectivity index (χ3v) is 10.0. The molecule has 0 spiro atoms. The first kappa shape index (κ1) is 32.4. The van der Waals surface area contributed by atoms with Gasteiger partial charge in [-0.05, 0) is 70.8 Å².